The zero-order valence-corrected chi connectivity index (χ0v) is 37.8. The van der Waals surface area contributed by atoms with Crippen LogP contribution in [0.5, 0.6) is 0 Å². The number of benzene rings is 6. The van der Waals surface area contributed by atoms with Gasteiger partial charge in [0.05, 0.1) is 0 Å². The molecular formula is C48H56CrO4Si2. The van der Waals surface area contributed by atoms with E-state index in [0.29, 0.717) is 31.1 Å². The fourth-order valence-electron chi connectivity index (χ4n) is 9.35. The van der Waals surface area contributed by atoms with Gasteiger partial charge in [0.15, 0.2) is 0 Å². The molecule has 55 heavy (non-hydrogen) atoms. The third-order valence-electron chi connectivity index (χ3n) is 13.3. The first-order chi connectivity index (χ1) is 25.6. The zero-order valence-electron chi connectivity index (χ0n) is 34.5. The Kier molecular flexibility index (Phi) is 9.71. The van der Waals surface area contributed by atoms with Crippen LogP contribution in [0.25, 0.3) is 0 Å². The van der Waals surface area contributed by atoms with Crippen LogP contribution < -0.4 is 31.1 Å². The standard InChI is InChI=1S/2C24H27Si.Cr.2H2O.2O/c2*1-16-10-7-13-22(19(16)4)25(23-14-8-11-17(2)20(23)5)24-15-9-12-18(3)21(24)6;;;;;/h2*7-15H,1-6H3;;2*1H2;;/q;;+2;;;;/p-2. The van der Waals surface area contributed by atoms with Gasteiger partial charge in [-0.05, 0) is 0 Å². The van der Waals surface area contributed by atoms with Crippen LogP contribution in [0.1, 0.15) is 66.8 Å². The van der Waals surface area contributed by atoms with E-state index in [4.69, 9.17) is 0 Å². The summed E-state index contributed by atoms with van der Waals surface area (Å²) < 4.78 is 67.1. The summed E-state index contributed by atoms with van der Waals surface area (Å²) in [6.07, 6.45) is 0. The molecule has 6 rings (SSSR count). The number of aryl methyl sites for hydroxylation is 6. The molecule has 0 aliphatic rings. The van der Waals surface area contributed by atoms with Crippen molar-refractivity contribution < 1.29 is 26.1 Å². The molecular weight excluding hydrogens is 749 g/mol. The third kappa shape index (κ3) is 5.35. The van der Waals surface area contributed by atoms with Gasteiger partial charge in [-0.25, -0.2) is 0 Å². The molecule has 0 aromatic heterocycles. The molecule has 2 N–H and O–H groups in total. The van der Waals surface area contributed by atoms with Crippen molar-refractivity contribution in [2.75, 3.05) is 0 Å². The molecule has 0 atom stereocenters. The average molecular weight is 805 g/mol. The summed E-state index contributed by atoms with van der Waals surface area (Å²) in [6, 6.07) is 34.4. The second-order valence-electron chi connectivity index (χ2n) is 16.1. The third-order valence-corrected chi connectivity index (χ3v) is 50.2. The maximum absolute atomic E-state index is 18.5. The first kappa shape index (κ1) is 40.5. The van der Waals surface area contributed by atoms with Crippen LogP contribution in [-0.2, 0) is 17.8 Å². The van der Waals surface area contributed by atoms with E-state index in [1.165, 1.54) is 0 Å². The van der Waals surface area contributed by atoms with Crippen molar-refractivity contribution in [3.8, 4) is 0 Å². The van der Waals surface area contributed by atoms with Crippen LogP contribution >= 0.6 is 0 Å². The average Bonchev–Trinajstić information content (AvgIpc) is 3.11. The predicted molar refractivity (Wildman–Crippen MR) is 231 cm³/mol. The van der Waals surface area contributed by atoms with E-state index in [1.807, 2.05) is 192 Å². The van der Waals surface area contributed by atoms with Crippen LogP contribution in [0.3, 0.4) is 0 Å². The van der Waals surface area contributed by atoms with Crippen molar-refractivity contribution in [1.82, 2.24) is 0 Å². The number of rotatable bonds is 8. The molecule has 0 aliphatic heterocycles. The predicted octanol–water partition coefficient (Wildman–Crippen LogP) is 6.75. The van der Waals surface area contributed by atoms with Gasteiger partial charge < -0.3 is 0 Å². The molecule has 0 aliphatic carbocycles. The van der Waals surface area contributed by atoms with Crippen LogP contribution in [0, 0.1) is 83.1 Å². The van der Waals surface area contributed by atoms with Gasteiger partial charge in [-0.1, -0.05) is 0 Å². The summed E-state index contributed by atoms with van der Waals surface area (Å²) in [5, 5.41) is 2.82. The first-order valence-electron chi connectivity index (χ1n) is 19.1. The Morgan fingerprint density at radius 2 is 0.455 bits per heavy atom. The van der Waals surface area contributed by atoms with Crippen molar-refractivity contribution in [3.63, 3.8) is 0 Å². The van der Waals surface area contributed by atoms with Gasteiger partial charge in [-0.3, -0.25) is 0 Å². The molecule has 0 heterocycles. The molecule has 0 saturated heterocycles. The molecule has 4 nitrogen and oxygen atoms in total. The van der Waals surface area contributed by atoms with Crippen molar-refractivity contribution >= 4 is 44.4 Å². The van der Waals surface area contributed by atoms with Gasteiger partial charge >= 0.3 is 330 Å². The Morgan fingerprint density at radius 1 is 0.309 bits per heavy atom. The van der Waals surface area contributed by atoms with Crippen LogP contribution in [-0.4, -0.2) is 21.6 Å². The Morgan fingerprint density at radius 3 is 0.600 bits per heavy atom. The van der Waals surface area contributed by atoms with Gasteiger partial charge in [-0.15, -0.1) is 0 Å². The van der Waals surface area contributed by atoms with Crippen LogP contribution in [0.4, 0.5) is 0 Å². The Labute approximate surface area is 327 Å². The van der Waals surface area contributed by atoms with E-state index in [0.717, 1.165) is 66.8 Å². The molecule has 0 amide bonds. The van der Waals surface area contributed by atoms with Crippen molar-refractivity contribution in [1.29, 1.82) is 0 Å². The number of hydrogen-bond donors (Lipinski definition) is 2. The molecule has 0 spiro atoms. The second kappa shape index (κ2) is 13.2. The minimum atomic E-state index is -9.29. The Balaban J connectivity index is 2.19. The Bertz CT molecular complexity index is 2300. The van der Waals surface area contributed by atoms with E-state index in [9.17, 15) is 0 Å². The van der Waals surface area contributed by atoms with Crippen molar-refractivity contribution in [2.24, 2.45) is 0 Å². The van der Waals surface area contributed by atoms with Gasteiger partial charge in [0.1, 0.15) is 0 Å². The summed E-state index contributed by atoms with van der Waals surface area (Å²) in [5.41, 5.74) is 9.69. The molecule has 6 aromatic carbocycles. The first-order valence-corrected chi connectivity index (χ1v) is 28.9. The molecule has 0 radical (unpaired) electrons. The van der Waals surface area contributed by atoms with Gasteiger partial charge in [-0.2, -0.15) is 0 Å². The van der Waals surface area contributed by atoms with E-state index in [2.05, 4.69) is 0 Å². The minimum absolute atomic E-state index is 0.470. The maximum atomic E-state index is 18.5. The van der Waals surface area contributed by atoms with E-state index in [-0.39, 0.29) is 0 Å². The monoisotopic (exact) mass is 804 g/mol. The van der Waals surface area contributed by atoms with Gasteiger partial charge in [0, 0.05) is 0 Å². The van der Waals surface area contributed by atoms with Crippen LogP contribution in [0.2, 0.25) is 0 Å². The Hall–Kier alpha value is -4.19. The number of hydrogen-bond acceptors (Lipinski definition) is 2. The zero-order chi connectivity index (χ0) is 40.5. The fraction of sp³-hybridized carbons (Fsp3) is 0.250. The van der Waals surface area contributed by atoms with Crippen molar-refractivity contribution in [3.05, 3.63) is 176 Å². The van der Waals surface area contributed by atoms with Crippen LogP contribution in [0.15, 0.2) is 109 Å². The SMILES string of the molecule is Cc1cccc([Si](c2cccc(C)c2C)(c2cccc(C)c2C)[Cr](=[O])(=[O])([OH])([OH])[Si](c2cccc(C)c2C)(c2cccc(C)c2C)c2cccc(C)c2C)c1C. The fourth-order valence-corrected chi connectivity index (χ4v) is 56.7. The molecule has 6 aromatic rings. The molecule has 0 saturated carbocycles. The van der Waals surface area contributed by atoms with E-state index >= 15 is 15.9 Å². The topological polar surface area (TPSA) is 74.6 Å². The summed E-state index contributed by atoms with van der Waals surface area (Å²) in [7, 11) is -9.29. The van der Waals surface area contributed by atoms with E-state index < -0.39 is 23.4 Å². The summed E-state index contributed by atoms with van der Waals surface area (Å²) >= 11 is 0. The second-order valence-corrected chi connectivity index (χ2v) is 40.8. The summed E-state index contributed by atoms with van der Waals surface area (Å²) in [6.45, 7) is 13.1. The molecule has 0 bridgehead atoms. The summed E-state index contributed by atoms with van der Waals surface area (Å²) in [4.78, 5) is 0. The molecule has 0 unspecified atom stereocenters. The van der Waals surface area contributed by atoms with Gasteiger partial charge in [0.2, 0.25) is 0 Å². The molecule has 286 valence electrons. The molecule has 7 heteroatoms. The quantitative estimate of drug-likeness (QED) is 0.132. The molecule has 0 fully saturated rings. The normalized spacial score (nSPS) is 13.7. The van der Waals surface area contributed by atoms with Crippen molar-refractivity contribution in [2.45, 2.75) is 83.1 Å². The van der Waals surface area contributed by atoms with E-state index in [1.54, 1.807) is 0 Å². The summed E-state index contributed by atoms with van der Waals surface area (Å²) in [5.74, 6) is 0. The van der Waals surface area contributed by atoms with Gasteiger partial charge in [0.25, 0.3) is 0 Å².